The first-order valence-electron chi connectivity index (χ1n) is 4.91. The summed E-state index contributed by atoms with van der Waals surface area (Å²) in [6.07, 6.45) is 2.80. The van der Waals surface area contributed by atoms with E-state index in [0.717, 1.165) is 12.0 Å². The maximum absolute atomic E-state index is 9.49. The van der Waals surface area contributed by atoms with E-state index in [1.54, 1.807) is 6.07 Å². The van der Waals surface area contributed by atoms with Gasteiger partial charge in [0.15, 0.2) is 0 Å². The minimum atomic E-state index is 0.246. The first kappa shape index (κ1) is 10.8. The minimum Gasteiger partial charge on any atom is -0.506 e. The highest BCUT2D eigenvalue weighted by Gasteiger charge is 1.97. The van der Waals surface area contributed by atoms with E-state index in [9.17, 15) is 5.11 Å². The Labute approximate surface area is 85.3 Å². The number of hydrogen-bond donors (Lipinski definition) is 1. The zero-order chi connectivity index (χ0) is 10.6. The second-order valence-corrected chi connectivity index (χ2v) is 3.93. The van der Waals surface area contributed by atoms with Crippen molar-refractivity contribution in [1.29, 1.82) is 0 Å². The van der Waals surface area contributed by atoms with Gasteiger partial charge in [-0.1, -0.05) is 19.9 Å². The number of aromatic hydroxyl groups is 1. The van der Waals surface area contributed by atoms with Gasteiger partial charge in [0.2, 0.25) is 0 Å². The molecule has 1 aromatic carbocycles. The molecule has 1 N–H and O–H groups in total. The Kier molecular flexibility index (Phi) is 3.69. The van der Waals surface area contributed by atoms with Crippen LogP contribution >= 0.6 is 0 Å². The van der Waals surface area contributed by atoms with Crippen molar-refractivity contribution in [3.63, 3.8) is 0 Å². The molecule has 0 aliphatic rings. The Morgan fingerprint density at radius 1 is 1.43 bits per heavy atom. The molecule has 0 atom stereocenters. The molecule has 1 rings (SSSR count). The first-order valence-corrected chi connectivity index (χ1v) is 4.91. The summed E-state index contributed by atoms with van der Waals surface area (Å²) in [5.41, 5.74) is 1.77. The van der Waals surface area contributed by atoms with Gasteiger partial charge in [0.05, 0.1) is 0 Å². The smallest absolute Gasteiger partial charge is 0.141 e. The van der Waals surface area contributed by atoms with Crippen LogP contribution in [-0.2, 0) is 0 Å². The first-order chi connectivity index (χ1) is 6.59. The van der Waals surface area contributed by atoms with Crippen LogP contribution < -0.4 is 0 Å². The monoisotopic (exact) mass is 191 g/mol. The molecule has 0 aromatic heterocycles. The molecule has 0 unspecified atom stereocenters. The highest BCUT2D eigenvalue weighted by Crippen LogP contribution is 2.26. The van der Waals surface area contributed by atoms with Crippen molar-refractivity contribution in [2.45, 2.75) is 27.2 Å². The van der Waals surface area contributed by atoms with Gasteiger partial charge >= 0.3 is 0 Å². The van der Waals surface area contributed by atoms with Gasteiger partial charge in [-0.2, -0.15) is 0 Å². The molecule has 0 aliphatic carbocycles. The lowest BCUT2D eigenvalue weighted by atomic mass is 10.1. The van der Waals surface area contributed by atoms with Crippen molar-refractivity contribution >= 4 is 11.9 Å². The van der Waals surface area contributed by atoms with Crippen molar-refractivity contribution in [1.82, 2.24) is 0 Å². The molecule has 2 heteroatoms. The van der Waals surface area contributed by atoms with E-state index in [2.05, 4.69) is 18.8 Å². The predicted molar refractivity (Wildman–Crippen MR) is 60.5 cm³/mol. The van der Waals surface area contributed by atoms with E-state index in [1.165, 1.54) is 0 Å². The molecule has 14 heavy (non-hydrogen) atoms. The van der Waals surface area contributed by atoms with E-state index in [-0.39, 0.29) is 5.75 Å². The lowest BCUT2D eigenvalue weighted by Crippen LogP contribution is -1.86. The van der Waals surface area contributed by atoms with Crippen molar-refractivity contribution in [2.24, 2.45) is 10.9 Å². The molecule has 0 radical (unpaired) electrons. The molecule has 0 amide bonds. The summed E-state index contributed by atoms with van der Waals surface area (Å²) in [5.74, 6) is 0.848. The Morgan fingerprint density at radius 2 is 2.14 bits per heavy atom. The van der Waals surface area contributed by atoms with Gasteiger partial charge < -0.3 is 5.11 Å². The minimum absolute atomic E-state index is 0.246. The van der Waals surface area contributed by atoms with Crippen LogP contribution in [0.4, 0.5) is 5.69 Å². The third-order valence-electron chi connectivity index (χ3n) is 1.94. The van der Waals surface area contributed by atoms with Crippen molar-refractivity contribution in [2.75, 3.05) is 0 Å². The van der Waals surface area contributed by atoms with Crippen LogP contribution in [0, 0.1) is 12.8 Å². The molecule has 0 heterocycles. The highest BCUT2D eigenvalue weighted by atomic mass is 16.3. The topological polar surface area (TPSA) is 32.6 Å². The Bertz CT molecular complexity index is 329. The number of benzene rings is 1. The van der Waals surface area contributed by atoms with Crippen LogP contribution in [0.15, 0.2) is 23.2 Å². The fraction of sp³-hybridized carbons (Fsp3) is 0.417. The summed E-state index contributed by atoms with van der Waals surface area (Å²) in [4.78, 5) is 4.23. The molecule has 2 nitrogen and oxygen atoms in total. The van der Waals surface area contributed by atoms with Crippen molar-refractivity contribution in [3.05, 3.63) is 23.8 Å². The number of rotatable bonds is 3. The zero-order valence-corrected chi connectivity index (χ0v) is 8.99. The average molecular weight is 191 g/mol. The van der Waals surface area contributed by atoms with Crippen LogP contribution in [0.2, 0.25) is 0 Å². The molecule has 0 saturated carbocycles. The van der Waals surface area contributed by atoms with E-state index in [0.29, 0.717) is 11.6 Å². The van der Waals surface area contributed by atoms with E-state index >= 15 is 0 Å². The SMILES string of the molecule is Cc1ccc(O)c(N=CCC(C)C)c1. The molecular weight excluding hydrogens is 174 g/mol. The lowest BCUT2D eigenvalue weighted by molar-refractivity contribution is 0.476. The Hall–Kier alpha value is -1.31. The van der Waals surface area contributed by atoms with Crippen LogP contribution in [0.3, 0.4) is 0 Å². The molecule has 0 saturated heterocycles. The zero-order valence-electron chi connectivity index (χ0n) is 8.99. The summed E-state index contributed by atoms with van der Waals surface area (Å²) < 4.78 is 0. The third kappa shape index (κ3) is 3.21. The van der Waals surface area contributed by atoms with Crippen LogP contribution in [0.1, 0.15) is 25.8 Å². The van der Waals surface area contributed by atoms with Gasteiger partial charge in [0.25, 0.3) is 0 Å². The number of phenols is 1. The van der Waals surface area contributed by atoms with Gasteiger partial charge in [0, 0.05) is 6.21 Å². The van der Waals surface area contributed by atoms with Crippen LogP contribution in [-0.4, -0.2) is 11.3 Å². The number of hydrogen-bond acceptors (Lipinski definition) is 2. The summed E-state index contributed by atoms with van der Waals surface area (Å²) in [7, 11) is 0. The molecule has 0 bridgehead atoms. The second-order valence-electron chi connectivity index (χ2n) is 3.93. The molecule has 0 fully saturated rings. The number of aryl methyl sites for hydroxylation is 1. The van der Waals surface area contributed by atoms with Crippen LogP contribution in [0.5, 0.6) is 5.75 Å². The quantitative estimate of drug-likeness (QED) is 0.729. The molecule has 76 valence electrons. The number of phenolic OH excluding ortho intramolecular Hbond substituents is 1. The van der Waals surface area contributed by atoms with Crippen molar-refractivity contribution < 1.29 is 5.11 Å². The van der Waals surface area contributed by atoms with Gasteiger partial charge in [-0.25, -0.2) is 0 Å². The fourth-order valence-electron chi connectivity index (χ4n) is 1.10. The molecular formula is C12H17NO. The van der Waals surface area contributed by atoms with E-state index in [4.69, 9.17) is 0 Å². The van der Waals surface area contributed by atoms with Gasteiger partial charge in [0.1, 0.15) is 11.4 Å². The maximum Gasteiger partial charge on any atom is 0.141 e. The van der Waals surface area contributed by atoms with Gasteiger partial charge in [-0.3, -0.25) is 4.99 Å². The fourth-order valence-corrected chi connectivity index (χ4v) is 1.10. The molecule has 0 aliphatic heterocycles. The Balaban J connectivity index is 2.75. The summed E-state index contributed by atoms with van der Waals surface area (Å²) in [6, 6.07) is 5.43. The second kappa shape index (κ2) is 4.80. The van der Waals surface area contributed by atoms with E-state index < -0.39 is 0 Å². The summed E-state index contributed by atoms with van der Waals surface area (Å²) in [6.45, 7) is 6.27. The normalized spacial score (nSPS) is 11.4. The van der Waals surface area contributed by atoms with E-state index in [1.807, 2.05) is 25.3 Å². The van der Waals surface area contributed by atoms with Gasteiger partial charge in [-0.05, 0) is 37.0 Å². The van der Waals surface area contributed by atoms with Crippen molar-refractivity contribution in [3.8, 4) is 5.75 Å². The molecule has 0 spiro atoms. The Morgan fingerprint density at radius 3 is 2.79 bits per heavy atom. The summed E-state index contributed by atoms with van der Waals surface area (Å²) >= 11 is 0. The average Bonchev–Trinajstić information content (AvgIpc) is 2.10. The third-order valence-corrected chi connectivity index (χ3v) is 1.94. The van der Waals surface area contributed by atoms with Gasteiger partial charge in [-0.15, -0.1) is 0 Å². The highest BCUT2D eigenvalue weighted by molar-refractivity contribution is 5.66. The standard InChI is InChI=1S/C12H17NO/c1-9(2)6-7-13-11-8-10(3)4-5-12(11)14/h4-5,7-9,14H,6H2,1-3H3. The number of aliphatic imine (C=N–C) groups is 1. The summed E-state index contributed by atoms with van der Waals surface area (Å²) in [5, 5.41) is 9.49. The lowest BCUT2D eigenvalue weighted by Gasteiger charge is -2.00. The predicted octanol–water partition coefficient (Wildman–Crippen LogP) is 3.45. The largest absolute Gasteiger partial charge is 0.506 e. The number of nitrogens with zero attached hydrogens (tertiary/aromatic N) is 1. The van der Waals surface area contributed by atoms with Crippen LogP contribution in [0.25, 0.3) is 0 Å². The molecule has 1 aromatic rings. The maximum atomic E-state index is 9.49.